The Morgan fingerprint density at radius 3 is 2.54 bits per heavy atom. The van der Waals surface area contributed by atoms with Crippen molar-refractivity contribution in [2.45, 2.75) is 45.6 Å². The fraction of sp³-hybridized carbons (Fsp3) is 0.476. The summed E-state index contributed by atoms with van der Waals surface area (Å²) in [5, 5.41) is 5.00. The van der Waals surface area contributed by atoms with Crippen molar-refractivity contribution in [3.05, 3.63) is 35.9 Å². The minimum absolute atomic E-state index is 0.0705. The van der Waals surface area contributed by atoms with Gasteiger partial charge >= 0.3 is 12.0 Å². The summed E-state index contributed by atoms with van der Waals surface area (Å²) in [6.45, 7) is 4.06. The van der Waals surface area contributed by atoms with Crippen LogP contribution in [0.4, 0.5) is 4.79 Å². The Morgan fingerprint density at radius 1 is 1.14 bits per heavy atom. The van der Waals surface area contributed by atoms with Gasteiger partial charge in [-0.05, 0) is 49.5 Å². The molecule has 2 N–H and O–H groups in total. The first-order valence-electron chi connectivity index (χ1n) is 9.66. The molecule has 0 unspecified atom stereocenters. The maximum Gasteiger partial charge on any atom is 0.331 e. The van der Waals surface area contributed by atoms with Crippen molar-refractivity contribution in [2.75, 3.05) is 13.2 Å². The maximum atomic E-state index is 11.9. The van der Waals surface area contributed by atoms with Crippen LogP contribution in [0.1, 0.15) is 45.1 Å². The van der Waals surface area contributed by atoms with Crippen LogP contribution in [0.5, 0.6) is 5.75 Å². The van der Waals surface area contributed by atoms with E-state index in [0.29, 0.717) is 12.5 Å². The highest BCUT2D eigenvalue weighted by Crippen LogP contribution is 2.23. The lowest BCUT2D eigenvalue weighted by Crippen LogP contribution is -2.48. The standard InChI is InChI=1S/C21H28N2O5/c1-3-27-17-11-8-16(9-12-17)10-13-20(25)28-14-19(24)23-21(26)22-18-7-5-4-6-15(18)2/h8-13,15,18H,3-7,14H2,1-2H3,(H2,22,23,24,26)/b13-10+/t15-,18+/m1/s1. The maximum absolute atomic E-state index is 11.9. The largest absolute Gasteiger partial charge is 0.494 e. The van der Waals surface area contributed by atoms with Crippen LogP contribution in [0.15, 0.2) is 30.3 Å². The summed E-state index contributed by atoms with van der Waals surface area (Å²) >= 11 is 0. The van der Waals surface area contributed by atoms with Gasteiger partial charge in [0, 0.05) is 12.1 Å². The van der Waals surface area contributed by atoms with Crippen LogP contribution in [0.3, 0.4) is 0 Å². The summed E-state index contributed by atoms with van der Waals surface area (Å²) in [5.41, 5.74) is 0.797. The molecule has 7 heteroatoms. The topological polar surface area (TPSA) is 93.7 Å². The lowest BCUT2D eigenvalue weighted by atomic mass is 9.86. The van der Waals surface area contributed by atoms with E-state index in [4.69, 9.17) is 9.47 Å². The minimum atomic E-state index is -0.663. The molecule has 1 aromatic carbocycles. The lowest BCUT2D eigenvalue weighted by molar-refractivity contribution is -0.143. The molecule has 0 aliphatic heterocycles. The fourth-order valence-corrected chi connectivity index (χ4v) is 3.09. The van der Waals surface area contributed by atoms with Gasteiger partial charge in [-0.1, -0.05) is 31.9 Å². The van der Waals surface area contributed by atoms with E-state index in [1.54, 1.807) is 30.3 Å². The average Bonchev–Trinajstić information content (AvgIpc) is 2.68. The number of carbonyl (C=O) groups is 3. The molecule has 7 nitrogen and oxygen atoms in total. The number of carbonyl (C=O) groups excluding carboxylic acids is 3. The Labute approximate surface area is 165 Å². The number of rotatable bonds is 7. The van der Waals surface area contributed by atoms with E-state index in [1.807, 2.05) is 6.92 Å². The molecule has 0 heterocycles. The monoisotopic (exact) mass is 388 g/mol. The normalized spacial score (nSPS) is 19.1. The quantitative estimate of drug-likeness (QED) is 0.553. The zero-order chi connectivity index (χ0) is 20.4. The SMILES string of the molecule is CCOc1ccc(/C=C/C(=O)OCC(=O)NC(=O)N[C@H]2CCCC[C@H]2C)cc1. The predicted molar refractivity (Wildman–Crippen MR) is 106 cm³/mol. The molecule has 2 rings (SSSR count). The van der Waals surface area contributed by atoms with Gasteiger partial charge in [0.15, 0.2) is 6.61 Å². The molecule has 0 saturated heterocycles. The van der Waals surface area contributed by atoms with Crippen molar-refractivity contribution in [3.8, 4) is 5.75 Å². The Hall–Kier alpha value is -2.83. The third kappa shape index (κ3) is 7.42. The van der Waals surface area contributed by atoms with Crippen LogP contribution in [0.2, 0.25) is 0 Å². The summed E-state index contributed by atoms with van der Waals surface area (Å²) in [6.07, 6.45) is 7.02. The highest BCUT2D eigenvalue weighted by atomic mass is 16.5. The molecule has 0 radical (unpaired) electrons. The van der Waals surface area contributed by atoms with Crippen LogP contribution in [-0.2, 0) is 14.3 Å². The van der Waals surface area contributed by atoms with Crippen LogP contribution in [0, 0.1) is 5.92 Å². The van der Waals surface area contributed by atoms with Crippen LogP contribution in [0.25, 0.3) is 6.08 Å². The van der Waals surface area contributed by atoms with E-state index >= 15 is 0 Å². The van der Waals surface area contributed by atoms with Gasteiger partial charge in [-0.15, -0.1) is 0 Å². The third-order valence-corrected chi connectivity index (χ3v) is 4.63. The van der Waals surface area contributed by atoms with E-state index in [-0.39, 0.29) is 6.04 Å². The summed E-state index contributed by atoms with van der Waals surface area (Å²) < 4.78 is 10.2. The fourth-order valence-electron chi connectivity index (χ4n) is 3.09. The first-order valence-corrected chi connectivity index (χ1v) is 9.66. The second-order valence-corrected chi connectivity index (χ2v) is 6.83. The highest BCUT2D eigenvalue weighted by molar-refractivity contribution is 5.96. The van der Waals surface area contributed by atoms with Gasteiger partial charge in [-0.2, -0.15) is 0 Å². The number of urea groups is 1. The van der Waals surface area contributed by atoms with Crippen molar-refractivity contribution in [3.63, 3.8) is 0 Å². The average molecular weight is 388 g/mol. The number of esters is 1. The first-order chi connectivity index (χ1) is 13.5. The zero-order valence-corrected chi connectivity index (χ0v) is 16.4. The smallest absolute Gasteiger partial charge is 0.331 e. The van der Waals surface area contributed by atoms with Gasteiger partial charge in [0.25, 0.3) is 5.91 Å². The molecule has 0 bridgehead atoms. The summed E-state index contributed by atoms with van der Waals surface area (Å²) in [7, 11) is 0. The van der Waals surface area contributed by atoms with Crippen molar-refractivity contribution in [2.24, 2.45) is 5.92 Å². The molecular formula is C21H28N2O5. The van der Waals surface area contributed by atoms with E-state index in [9.17, 15) is 14.4 Å². The Bertz CT molecular complexity index is 699. The summed E-state index contributed by atoms with van der Waals surface area (Å²) in [5.74, 6) is -0.186. The molecule has 152 valence electrons. The number of benzene rings is 1. The van der Waals surface area contributed by atoms with Crippen molar-refractivity contribution < 1.29 is 23.9 Å². The summed E-state index contributed by atoms with van der Waals surface area (Å²) in [4.78, 5) is 35.4. The van der Waals surface area contributed by atoms with E-state index < -0.39 is 24.5 Å². The molecule has 1 aliphatic carbocycles. The molecule has 3 amide bonds. The predicted octanol–water partition coefficient (Wildman–Crippen LogP) is 3.05. The van der Waals surface area contributed by atoms with E-state index in [2.05, 4.69) is 17.6 Å². The van der Waals surface area contributed by atoms with Crippen molar-refractivity contribution in [1.82, 2.24) is 10.6 Å². The number of nitrogens with one attached hydrogen (secondary N) is 2. The van der Waals surface area contributed by atoms with Crippen LogP contribution < -0.4 is 15.4 Å². The number of imide groups is 1. The van der Waals surface area contributed by atoms with Gasteiger partial charge in [0.2, 0.25) is 0 Å². The Balaban J connectivity index is 1.69. The first kappa shape index (κ1) is 21.5. The number of hydrogen-bond acceptors (Lipinski definition) is 5. The van der Waals surface area contributed by atoms with Crippen molar-refractivity contribution >= 4 is 24.0 Å². The van der Waals surface area contributed by atoms with Gasteiger partial charge in [-0.25, -0.2) is 9.59 Å². The number of amides is 3. The van der Waals surface area contributed by atoms with Gasteiger partial charge < -0.3 is 14.8 Å². The molecule has 28 heavy (non-hydrogen) atoms. The molecule has 1 saturated carbocycles. The van der Waals surface area contributed by atoms with Crippen LogP contribution in [-0.4, -0.2) is 37.2 Å². The van der Waals surface area contributed by atoms with Gasteiger partial charge in [0.1, 0.15) is 5.75 Å². The number of hydrogen-bond donors (Lipinski definition) is 2. The second kappa shape index (κ2) is 11.1. The summed E-state index contributed by atoms with van der Waals surface area (Å²) in [6, 6.07) is 6.73. The van der Waals surface area contributed by atoms with Gasteiger partial charge in [0.05, 0.1) is 6.61 Å². The lowest BCUT2D eigenvalue weighted by Gasteiger charge is -2.29. The molecule has 1 fully saturated rings. The molecule has 0 spiro atoms. The van der Waals surface area contributed by atoms with Crippen molar-refractivity contribution in [1.29, 1.82) is 0 Å². The Kier molecular flexibility index (Phi) is 8.52. The third-order valence-electron chi connectivity index (χ3n) is 4.63. The molecular weight excluding hydrogens is 360 g/mol. The molecule has 0 aromatic heterocycles. The highest BCUT2D eigenvalue weighted by Gasteiger charge is 2.23. The van der Waals surface area contributed by atoms with E-state index in [1.165, 1.54) is 12.5 Å². The molecule has 1 aliphatic rings. The minimum Gasteiger partial charge on any atom is -0.494 e. The second-order valence-electron chi connectivity index (χ2n) is 6.83. The number of ether oxygens (including phenoxy) is 2. The molecule has 2 atom stereocenters. The van der Waals surface area contributed by atoms with E-state index in [0.717, 1.165) is 30.6 Å². The zero-order valence-electron chi connectivity index (χ0n) is 16.4. The van der Waals surface area contributed by atoms with Crippen LogP contribution >= 0.6 is 0 Å². The van der Waals surface area contributed by atoms with Gasteiger partial charge in [-0.3, -0.25) is 10.1 Å². The molecule has 1 aromatic rings. The Morgan fingerprint density at radius 2 is 1.86 bits per heavy atom.